The molecule has 1 unspecified atom stereocenters. The molecule has 33 heavy (non-hydrogen) atoms. The van der Waals surface area contributed by atoms with Crippen LogP contribution in [0.2, 0.25) is 0 Å². The predicted octanol–water partition coefficient (Wildman–Crippen LogP) is 3.40. The molecule has 1 N–H and O–H groups in total. The number of carbonyl (C=O) groups is 2. The Bertz CT molecular complexity index is 955. The van der Waals surface area contributed by atoms with Crippen molar-refractivity contribution in [1.29, 1.82) is 0 Å². The lowest BCUT2D eigenvalue weighted by atomic mass is 9.89. The molecule has 0 bridgehead atoms. The van der Waals surface area contributed by atoms with Crippen molar-refractivity contribution in [1.82, 2.24) is 20.1 Å². The van der Waals surface area contributed by atoms with E-state index in [1.165, 1.54) is 11.6 Å². The van der Waals surface area contributed by atoms with Gasteiger partial charge in [0.05, 0.1) is 12.1 Å². The first-order valence-electron chi connectivity index (χ1n) is 11.5. The zero-order valence-corrected chi connectivity index (χ0v) is 18.8. The fourth-order valence-corrected chi connectivity index (χ4v) is 4.75. The molecule has 0 saturated carbocycles. The van der Waals surface area contributed by atoms with Gasteiger partial charge in [-0.05, 0) is 56.0 Å². The van der Waals surface area contributed by atoms with E-state index in [-0.39, 0.29) is 18.0 Å². The number of aromatic nitrogens is 1. The van der Waals surface area contributed by atoms with Gasteiger partial charge in [-0.25, -0.2) is 0 Å². The molecule has 2 aliphatic rings. The average Bonchev–Trinajstić information content (AvgIpc) is 3.33. The van der Waals surface area contributed by atoms with Gasteiger partial charge in [-0.2, -0.15) is 8.78 Å². The highest BCUT2D eigenvalue weighted by Gasteiger charge is 2.33. The Labute approximate surface area is 193 Å². The summed E-state index contributed by atoms with van der Waals surface area (Å²) in [5.41, 5.74) is 1.16. The molecule has 2 amide bonds. The van der Waals surface area contributed by atoms with Crippen LogP contribution in [0, 0.1) is 0 Å². The van der Waals surface area contributed by atoms with Crippen LogP contribution < -0.4 is 5.32 Å². The number of hydrogen-bond acceptors (Lipinski definition) is 4. The average molecular weight is 457 g/mol. The topological polar surface area (TPSA) is 65.5 Å². The summed E-state index contributed by atoms with van der Waals surface area (Å²) < 4.78 is 26.5. The predicted molar refractivity (Wildman–Crippen MR) is 121 cm³/mol. The zero-order chi connectivity index (χ0) is 23.4. The SMILES string of the molecule is CC(F)(F)c1ccc(C(=O)NCC(=O)N2CCC(N3CCC(c4ccccc4)CC3)C2)cn1. The van der Waals surface area contributed by atoms with Gasteiger partial charge in [-0.3, -0.25) is 19.5 Å². The van der Waals surface area contributed by atoms with Gasteiger partial charge in [-0.15, -0.1) is 0 Å². The standard InChI is InChI=1S/C25H30F2N4O2/c1-25(26,27)22-8-7-20(15-28-22)24(33)29-16-23(32)31-14-11-21(17-31)30-12-9-19(10-13-30)18-5-3-2-4-6-18/h2-8,15,19,21H,9-14,16-17H2,1H3,(H,29,33). The van der Waals surface area contributed by atoms with Gasteiger partial charge in [-0.1, -0.05) is 30.3 Å². The van der Waals surface area contributed by atoms with Crippen molar-refractivity contribution in [3.05, 3.63) is 65.5 Å². The van der Waals surface area contributed by atoms with E-state index in [2.05, 4.69) is 39.5 Å². The van der Waals surface area contributed by atoms with Gasteiger partial charge in [0, 0.05) is 32.3 Å². The van der Waals surface area contributed by atoms with Crippen molar-refractivity contribution in [3.8, 4) is 0 Å². The Balaban J connectivity index is 1.22. The highest BCUT2D eigenvalue weighted by atomic mass is 19.3. The van der Waals surface area contributed by atoms with Gasteiger partial charge in [0.25, 0.3) is 11.8 Å². The van der Waals surface area contributed by atoms with Crippen LogP contribution in [0.3, 0.4) is 0 Å². The summed E-state index contributed by atoms with van der Waals surface area (Å²) in [7, 11) is 0. The van der Waals surface area contributed by atoms with Crippen molar-refractivity contribution in [2.24, 2.45) is 0 Å². The lowest BCUT2D eigenvalue weighted by Crippen LogP contribution is -2.44. The van der Waals surface area contributed by atoms with Crippen molar-refractivity contribution >= 4 is 11.8 Å². The fourth-order valence-electron chi connectivity index (χ4n) is 4.75. The number of nitrogens with one attached hydrogen (secondary N) is 1. The second kappa shape index (κ2) is 9.95. The van der Waals surface area contributed by atoms with Crippen LogP contribution in [-0.4, -0.2) is 65.4 Å². The van der Waals surface area contributed by atoms with Crippen molar-refractivity contribution in [2.45, 2.75) is 44.1 Å². The van der Waals surface area contributed by atoms with Crippen LogP contribution in [-0.2, 0) is 10.7 Å². The van der Waals surface area contributed by atoms with E-state index in [1.54, 1.807) is 4.90 Å². The van der Waals surface area contributed by atoms with Gasteiger partial charge in [0.15, 0.2) is 0 Å². The summed E-state index contributed by atoms with van der Waals surface area (Å²) in [6.45, 7) is 4.05. The third-order valence-electron chi connectivity index (χ3n) is 6.71. The number of benzene rings is 1. The van der Waals surface area contributed by atoms with Crippen molar-refractivity contribution in [2.75, 3.05) is 32.7 Å². The number of hydrogen-bond donors (Lipinski definition) is 1. The van der Waals surface area contributed by atoms with Crippen molar-refractivity contribution in [3.63, 3.8) is 0 Å². The smallest absolute Gasteiger partial charge is 0.286 e. The first-order chi connectivity index (χ1) is 15.8. The third-order valence-corrected chi connectivity index (χ3v) is 6.71. The second-order valence-electron chi connectivity index (χ2n) is 9.01. The first kappa shape index (κ1) is 23.3. The maximum atomic E-state index is 13.3. The van der Waals surface area contributed by atoms with Crippen LogP contribution in [0.4, 0.5) is 8.78 Å². The molecule has 8 heteroatoms. The monoisotopic (exact) mass is 456 g/mol. The van der Waals surface area contributed by atoms with Crippen LogP contribution in [0.5, 0.6) is 0 Å². The maximum Gasteiger partial charge on any atom is 0.286 e. The van der Waals surface area contributed by atoms with E-state index in [9.17, 15) is 18.4 Å². The van der Waals surface area contributed by atoms with E-state index in [0.717, 1.165) is 51.5 Å². The molecular formula is C25H30F2N4O2. The third kappa shape index (κ3) is 5.74. The minimum absolute atomic E-state index is 0.118. The fraction of sp³-hybridized carbons (Fsp3) is 0.480. The molecule has 2 fully saturated rings. The highest BCUT2D eigenvalue weighted by Crippen LogP contribution is 2.30. The lowest BCUT2D eigenvalue weighted by Gasteiger charge is -2.36. The molecule has 0 spiro atoms. The zero-order valence-electron chi connectivity index (χ0n) is 18.8. The minimum atomic E-state index is -3.06. The number of nitrogens with zero attached hydrogens (tertiary/aromatic N) is 3. The first-order valence-corrected chi connectivity index (χ1v) is 11.5. The number of halogens is 2. The summed E-state index contributed by atoms with van der Waals surface area (Å²) >= 11 is 0. The molecule has 2 aromatic rings. The highest BCUT2D eigenvalue weighted by molar-refractivity contribution is 5.96. The van der Waals surface area contributed by atoms with Crippen LogP contribution in [0.15, 0.2) is 48.7 Å². The van der Waals surface area contributed by atoms with E-state index >= 15 is 0 Å². The normalized spacial score (nSPS) is 20.1. The summed E-state index contributed by atoms with van der Waals surface area (Å²) in [4.78, 5) is 32.8. The minimum Gasteiger partial charge on any atom is -0.343 e. The molecule has 176 valence electrons. The largest absolute Gasteiger partial charge is 0.343 e. The van der Waals surface area contributed by atoms with E-state index in [1.807, 2.05) is 6.07 Å². The number of pyridine rings is 1. The molecule has 2 saturated heterocycles. The number of amides is 2. The van der Waals surface area contributed by atoms with E-state index in [4.69, 9.17) is 0 Å². The summed E-state index contributed by atoms with van der Waals surface area (Å²) in [5, 5.41) is 2.58. The van der Waals surface area contributed by atoms with Crippen LogP contribution in [0.25, 0.3) is 0 Å². The number of carbonyl (C=O) groups excluding carboxylic acids is 2. The number of alkyl halides is 2. The Morgan fingerprint density at radius 3 is 2.42 bits per heavy atom. The van der Waals surface area contributed by atoms with E-state index in [0.29, 0.717) is 25.0 Å². The maximum absolute atomic E-state index is 13.3. The molecule has 3 heterocycles. The quantitative estimate of drug-likeness (QED) is 0.724. The van der Waals surface area contributed by atoms with Gasteiger partial charge >= 0.3 is 0 Å². The number of likely N-dealkylation sites (tertiary alicyclic amines) is 2. The second-order valence-corrected chi connectivity index (χ2v) is 9.01. The Hall–Kier alpha value is -2.87. The molecule has 4 rings (SSSR count). The number of rotatable bonds is 6. The number of piperidine rings is 1. The molecule has 0 aliphatic carbocycles. The molecule has 2 aliphatic heterocycles. The Morgan fingerprint density at radius 1 is 1.06 bits per heavy atom. The van der Waals surface area contributed by atoms with Crippen LogP contribution in [0.1, 0.15) is 53.7 Å². The molecule has 0 radical (unpaired) electrons. The molecular weight excluding hydrogens is 426 g/mol. The summed E-state index contributed by atoms with van der Waals surface area (Å²) in [5.74, 6) is -3.09. The van der Waals surface area contributed by atoms with Crippen LogP contribution >= 0.6 is 0 Å². The lowest BCUT2D eigenvalue weighted by molar-refractivity contribution is -0.129. The molecule has 1 aromatic carbocycles. The summed E-state index contributed by atoms with van der Waals surface area (Å²) in [6.07, 6.45) is 4.30. The molecule has 1 atom stereocenters. The van der Waals surface area contributed by atoms with Gasteiger partial charge in [0.2, 0.25) is 5.91 Å². The summed E-state index contributed by atoms with van der Waals surface area (Å²) in [6, 6.07) is 13.4. The van der Waals surface area contributed by atoms with Gasteiger partial charge < -0.3 is 10.2 Å². The Morgan fingerprint density at radius 2 is 1.79 bits per heavy atom. The Kier molecular flexibility index (Phi) is 7.02. The van der Waals surface area contributed by atoms with Gasteiger partial charge in [0.1, 0.15) is 5.69 Å². The molecule has 6 nitrogen and oxygen atoms in total. The van der Waals surface area contributed by atoms with Crippen molar-refractivity contribution < 1.29 is 18.4 Å². The van der Waals surface area contributed by atoms with E-state index < -0.39 is 17.5 Å². The molecule has 1 aromatic heterocycles.